The van der Waals surface area contributed by atoms with E-state index in [1.54, 1.807) is 0 Å². The van der Waals surface area contributed by atoms with E-state index in [2.05, 4.69) is 0 Å². The molecule has 1 aliphatic rings. The van der Waals surface area contributed by atoms with Crippen LogP contribution in [-0.2, 0) is 16.1 Å². The van der Waals surface area contributed by atoms with Crippen LogP contribution in [0.5, 0.6) is 0 Å². The predicted molar refractivity (Wildman–Crippen MR) is 93.8 cm³/mol. The van der Waals surface area contributed by atoms with Gasteiger partial charge in [0.1, 0.15) is 6.54 Å². The molecule has 2 aromatic carbocycles. The van der Waals surface area contributed by atoms with Gasteiger partial charge < -0.3 is 4.90 Å². The monoisotopic (exact) mass is 323 g/mol. The molecule has 3 rings (SSSR count). The number of likely N-dealkylation sites (N-methyl/N-ethyl adjacent to an activating group) is 1. The highest BCUT2D eigenvalue weighted by Gasteiger charge is 2.44. The van der Waals surface area contributed by atoms with Gasteiger partial charge in [-0.2, -0.15) is 0 Å². The van der Waals surface area contributed by atoms with Gasteiger partial charge in [-0.3, -0.25) is 9.59 Å². The van der Waals surface area contributed by atoms with Gasteiger partial charge in [0.05, 0.1) is 19.2 Å². The van der Waals surface area contributed by atoms with Crippen LogP contribution in [-0.4, -0.2) is 24.9 Å². The third-order valence-electron chi connectivity index (χ3n) is 4.66. The molecular weight excluding hydrogens is 300 g/mol. The van der Waals surface area contributed by atoms with Crippen molar-refractivity contribution in [2.75, 3.05) is 11.9 Å². The maximum absolute atomic E-state index is 12.9. The molecule has 2 atom stereocenters. The number of hydrogen-bond donors (Lipinski definition) is 1. The summed E-state index contributed by atoms with van der Waals surface area (Å²) in [6, 6.07) is 15.6. The smallest absolute Gasteiger partial charge is 0.292 e. The maximum atomic E-state index is 12.9. The van der Waals surface area contributed by atoms with Crippen LogP contribution in [0.4, 0.5) is 5.69 Å². The lowest BCUT2D eigenvalue weighted by Crippen LogP contribution is -3.12. The van der Waals surface area contributed by atoms with E-state index < -0.39 is 0 Å². The van der Waals surface area contributed by atoms with Crippen molar-refractivity contribution in [3.63, 3.8) is 0 Å². The summed E-state index contributed by atoms with van der Waals surface area (Å²) < 4.78 is 0. The Morgan fingerprint density at radius 1 is 1.08 bits per heavy atom. The molecule has 2 amide bonds. The summed E-state index contributed by atoms with van der Waals surface area (Å²) in [4.78, 5) is 27.8. The van der Waals surface area contributed by atoms with E-state index in [9.17, 15) is 9.59 Å². The highest BCUT2D eigenvalue weighted by atomic mass is 16.2. The Morgan fingerprint density at radius 3 is 2.46 bits per heavy atom. The number of hydrogen-bond acceptors (Lipinski definition) is 2. The van der Waals surface area contributed by atoms with E-state index in [-0.39, 0.29) is 24.3 Å². The lowest BCUT2D eigenvalue weighted by Gasteiger charge is -2.21. The molecule has 1 aliphatic heterocycles. The van der Waals surface area contributed by atoms with Gasteiger partial charge in [0.2, 0.25) is 5.91 Å². The minimum atomic E-state index is -0.321. The van der Waals surface area contributed by atoms with Gasteiger partial charge in [0.15, 0.2) is 6.04 Å². The third kappa shape index (κ3) is 3.10. The zero-order chi connectivity index (χ0) is 17.3. The number of amides is 2. The Kier molecular flexibility index (Phi) is 4.49. The number of rotatable bonds is 4. The number of carbonyl (C=O) groups excluding carboxylic acids is 2. The number of imide groups is 1. The van der Waals surface area contributed by atoms with E-state index >= 15 is 0 Å². The average molecular weight is 323 g/mol. The minimum Gasteiger partial charge on any atom is -0.323 e. The summed E-state index contributed by atoms with van der Waals surface area (Å²) in [6.07, 6.45) is 0.269. The molecule has 124 valence electrons. The molecule has 0 radical (unpaired) electrons. The molecule has 0 bridgehead atoms. The first-order valence-corrected chi connectivity index (χ1v) is 8.27. The van der Waals surface area contributed by atoms with Crippen LogP contribution in [0.25, 0.3) is 0 Å². The molecule has 0 aromatic heterocycles. The van der Waals surface area contributed by atoms with Crippen molar-refractivity contribution in [3.8, 4) is 0 Å². The second-order valence-electron chi connectivity index (χ2n) is 6.62. The summed E-state index contributed by atoms with van der Waals surface area (Å²) >= 11 is 0. The fourth-order valence-corrected chi connectivity index (χ4v) is 3.37. The van der Waals surface area contributed by atoms with Crippen molar-refractivity contribution in [2.45, 2.75) is 32.9 Å². The largest absolute Gasteiger partial charge is 0.323 e. The molecule has 4 nitrogen and oxygen atoms in total. The van der Waals surface area contributed by atoms with Gasteiger partial charge in [-0.1, -0.05) is 48.0 Å². The second-order valence-corrected chi connectivity index (χ2v) is 6.62. The number of nitrogens with zero attached hydrogens (tertiary/aromatic N) is 1. The van der Waals surface area contributed by atoms with Crippen LogP contribution in [0.1, 0.15) is 23.1 Å². The van der Waals surface area contributed by atoms with Crippen molar-refractivity contribution in [1.82, 2.24) is 0 Å². The van der Waals surface area contributed by atoms with Crippen molar-refractivity contribution >= 4 is 17.5 Å². The number of anilines is 1. The fraction of sp³-hybridized carbons (Fsp3) is 0.300. The van der Waals surface area contributed by atoms with Crippen molar-refractivity contribution in [2.24, 2.45) is 0 Å². The number of quaternary nitrogens is 1. The van der Waals surface area contributed by atoms with E-state index in [4.69, 9.17) is 0 Å². The van der Waals surface area contributed by atoms with Crippen LogP contribution in [0.3, 0.4) is 0 Å². The first-order valence-electron chi connectivity index (χ1n) is 8.27. The number of aryl methyl sites for hydroxylation is 2. The molecule has 24 heavy (non-hydrogen) atoms. The van der Waals surface area contributed by atoms with Gasteiger partial charge in [-0.25, -0.2) is 4.90 Å². The molecule has 1 unspecified atom stereocenters. The number of benzene rings is 2. The molecule has 1 fully saturated rings. The SMILES string of the molecule is Cc1ccc(N2C(=O)C[C@H]([NH+](C)Cc3ccccc3)C2=O)c(C)c1. The van der Waals surface area contributed by atoms with Crippen LogP contribution in [0.2, 0.25) is 0 Å². The van der Waals surface area contributed by atoms with Crippen LogP contribution >= 0.6 is 0 Å². The topological polar surface area (TPSA) is 41.8 Å². The Bertz CT molecular complexity index is 770. The van der Waals surface area contributed by atoms with Crippen molar-refractivity contribution in [3.05, 3.63) is 65.2 Å². The highest BCUT2D eigenvalue weighted by molar-refractivity contribution is 6.22. The molecule has 4 heteroatoms. The highest BCUT2D eigenvalue weighted by Crippen LogP contribution is 2.26. The third-order valence-corrected chi connectivity index (χ3v) is 4.66. The Labute approximate surface area is 142 Å². The van der Waals surface area contributed by atoms with Crippen LogP contribution < -0.4 is 9.80 Å². The molecule has 0 spiro atoms. The second kappa shape index (κ2) is 6.57. The first kappa shape index (κ1) is 16.4. The molecular formula is C20H23N2O2+. The summed E-state index contributed by atoms with van der Waals surface area (Å²) in [6.45, 7) is 4.67. The van der Waals surface area contributed by atoms with E-state index in [1.165, 1.54) is 10.5 Å². The molecule has 1 N–H and O–H groups in total. The molecule has 1 heterocycles. The van der Waals surface area contributed by atoms with Gasteiger partial charge in [0.25, 0.3) is 5.91 Å². The van der Waals surface area contributed by atoms with E-state index in [0.717, 1.165) is 22.6 Å². The average Bonchev–Trinajstić information content (AvgIpc) is 2.84. The summed E-state index contributed by atoms with van der Waals surface area (Å²) in [5.74, 6) is -0.204. The molecule has 0 aliphatic carbocycles. The normalized spacial score (nSPS) is 19.0. The molecule has 2 aromatic rings. The lowest BCUT2D eigenvalue weighted by molar-refractivity contribution is -0.908. The predicted octanol–water partition coefficient (Wildman–Crippen LogP) is 1.65. The van der Waals surface area contributed by atoms with Crippen molar-refractivity contribution in [1.29, 1.82) is 0 Å². The Morgan fingerprint density at radius 2 is 1.79 bits per heavy atom. The van der Waals surface area contributed by atoms with E-state index in [1.807, 2.05) is 69.4 Å². The lowest BCUT2D eigenvalue weighted by atomic mass is 10.1. The summed E-state index contributed by atoms with van der Waals surface area (Å²) in [5, 5.41) is 0. The van der Waals surface area contributed by atoms with Gasteiger partial charge in [-0.15, -0.1) is 0 Å². The van der Waals surface area contributed by atoms with Crippen LogP contribution in [0, 0.1) is 13.8 Å². The zero-order valence-electron chi connectivity index (χ0n) is 14.4. The first-order chi connectivity index (χ1) is 11.5. The number of nitrogens with one attached hydrogen (secondary N) is 1. The van der Waals surface area contributed by atoms with Gasteiger partial charge >= 0.3 is 0 Å². The summed E-state index contributed by atoms with van der Waals surface area (Å²) in [7, 11) is 1.98. The zero-order valence-corrected chi connectivity index (χ0v) is 14.4. The standard InChI is InChI=1S/C20H22N2O2/c1-14-9-10-17(15(2)11-14)22-19(23)12-18(20(22)24)21(3)13-16-7-5-4-6-8-16/h4-11,18H,12-13H2,1-3H3/p+1/t18-/m0/s1. The number of carbonyl (C=O) groups is 2. The summed E-state index contributed by atoms with van der Waals surface area (Å²) in [5.41, 5.74) is 3.96. The van der Waals surface area contributed by atoms with Gasteiger partial charge in [-0.05, 0) is 25.5 Å². The fourth-order valence-electron chi connectivity index (χ4n) is 3.37. The van der Waals surface area contributed by atoms with E-state index in [0.29, 0.717) is 5.69 Å². The minimum absolute atomic E-state index is 0.0969. The van der Waals surface area contributed by atoms with Crippen LogP contribution in [0.15, 0.2) is 48.5 Å². The van der Waals surface area contributed by atoms with Gasteiger partial charge in [0, 0.05) is 5.56 Å². The van der Waals surface area contributed by atoms with Crippen molar-refractivity contribution < 1.29 is 14.5 Å². The Balaban J connectivity index is 1.81. The molecule has 0 saturated carbocycles. The quantitative estimate of drug-likeness (QED) is 0.870. The Hall–Kier alpha value is -2.46. The maximum Gasteiger partial charge on any atom is 0.292 e. The molecule has 1 saturated heterocycles.